The lowest BCUT2D eigenvalue weighted by Gasteiger charge is -2.10. The number of hydrogen-bond acceptors (Lipinski definition) is 4. The standard InChI is InChI=1S/C20H25NO4/c1-4-15-5-8-17(9-6-15)25-14-20(22)21-12-11-16-7-10-18(23-2)19(13-16)24-3/h5-10,13H,4,11-12,14H2,1-3H3,(H,21,22). The largest absolute Gasteiger partial charge is 0.493 e. The molecule has 0 aliphatic rings. The van der Waals surface area contributed by atoms with Crippen LogP contribution >= 0.6 is 0 Å². The Morgan fingerprint density at radius 2 is 1.64 bits per heavy atom. The van der Waals surface area contributed by atoms with Gasteiger partial charge < -0.3 is 19.5 Å². The van der Waals surface area contributed by atoms with Gasteiger partial charge in [-0.25, -0.2) is 0 Å². The van der Waals surface area contributed by atoms with E-state index >= 15 is 0 Å². The highest BCUT2D eigenvalue weighted by Crippen LogP contribution is 2.27. The second-order valence-corrected chi connectivity index (χ2v) is 5.58. The smallest absolute Gasteiger partial charge is 0.257 e. The van der Waals surface area contributed by atoms with Crippen molar-refractivity contribution in [3.63, 3.8) is 0 Å². The normalized spacial score (nSPS) is 10.2. The number of rotatable bonds is 9. The first-order valence-corrected chi connectivity index (χ1v) is 8.35. The molecule has 0 aliphatic heterocycles. The molecule has 2 aromatic carbocycles. The lowest BCUT2D eigenvalue weighted by molar-refractivity contribution is -0.123. The number of ether oxygens (including phenoxy) is 3. The molecule has 1 amide bonds. The van der Waals surface area contributed by atoms with Crippen molar-refractivity contribution in [1.29, 1.82) is 0 Å². The van der Waals surface area contributed by atoms with Gasteiger partial charge in [0.1, 0.15) is 5.75 Å². The third kappa shape index (κ3) is 5.71. The Kier molecular flexibility index (Phi) is 7.14. The number of amides is 1. The summed E-state index contributed by atoms with van der Waals surface area (Å²) >= 11 is 0. The Hall–Kier alpha value is -2.69. The topological polar surface area (TPSA) is 56.8 Å². The fourth-order valence-corrected chi connectivity index (χ4v) is 2.40. The molecule has 2 rings (SSSR count). The zero-order chi connectivity index (χ0) is 18.1. The molecule has 2 aromatic rings. The molecule has 0 unspecified atom stereocenters. The average Bonchev–Trinajstić information content (AvgIpc) is 2.66. The first-order chi connectivity index (χ1) is 12.2. The van der Waals surface area contributed by atoms with E-state index in [9.17, 15) is 4.79 Å². The highest BCUT2D eigenvalue weighted by molar-refractivity contribution is 5.77. The van der Waals surface area contributed by atoms with Crippen LogP contribution in [0.1, 0.15) is 18.1 Å². The number of hydrogen-bond donors (Lipinski definition) is 1. The maximum atomic E-state index is 11.9. The summed E-state index contributed by atoms with van der Waals surface area (Å²) in [7, 11) is 3.21. The minimum atomic E-state index is -0.139. The number of aryl methyl sites for hydroxylation is 1. The Morgan fingerprint density at radius 3 is 2.28 bits per heavy atom. The lowest BCUT2D eigenvalue weighted by Crippen LogP contribution is -2.30. The summed E-state index contributed by atoms with van der Waals surface area (Å²) in [5.74, 6) is 1.94. The summed E-state index contributed by atoms with van der Waals surface area (Å²) < 4.78 is 16.0. The third-order valence-corrected chi connectivity index (χ3v) is 3.89. The van der Waals surface area contributed by atoms with Crippen LogP contribution in [0, 0.1) is 0 Å². The van der Waals surface area contributed by atoms with Crippen LogP contribution in [0.25, 0.3) is 0 Å². The van der Waals surface area contributed by atoms with E-state index < -0.39 is 0 Å². The molecular formula is C20H25NO4. The van der Waals surface area contributed by atoms with Gasteiger partial charge in [-0.05, 0) is 48.2 Å². The van der Waals surface area contributed by atoms with E-state index in [0.717, 1.165) is 12.0 Å². The van der Waals surface area contributed by atoms with Gasteiger partial charge in [-0.2, -0.15) is 0 Å². The number of methoxy groups -OCH3 is 2. The summed E-state index contributed by atoms with van der Waals surface area (Å²) in [6.07, 6.45) is 1.69. The molecule has 1 N–H and O–H groups in total. The molecule has 5 nitrogen and oxygen atoms in total. The Labute approximate surface area is 148 Å². The summed E-state index contributed by atoms with van der Waals surface area (Å²) in [5.41, 5.74) is 2.31. The van der Waals surface area contributed by atoms with Gasteiger partial charge in [0.25, 0.3) is 5.91 Å². The highest BCUT2D eigenvalue weighted by atomic mass is 16.5. The van der Waals surface area contributed by atoms with E-state index in [2.05, 4.69) is 12.2 Å². The zero-order valence-electron chi connectivity index (χ0n) is 15.0. The molecule has 0 atom stereocenters. The Morgan fingerprint density at radius 1 is 0.960 bits per heavy atom. The van der Waals surface area contributed by atoms with E-state index in [1.165, 1.54) is 5.56 Å². The zero-order valence-corrected chi connectivity index (χ0v) is 15.0. The van der Waals surface area contributed by atoms with E-state index in [0.29, 0.717) is 30.2 Å². The van der Waals surface area contributed by atoms with E-state index in [1.54, 1.807) is 14.2 Å². The van der Waals surface area contributed by atoms with Crippen LogP contribution in [0.5, 0.6) is 17.2 Å². The maximum Gasteiger partial charge on any atom is 0.257 e. The van der Waals surface area contributed by atoms with Crippen molar-refractivity contribution in [2.24, 2.45) is 0 Å². The van der Waals surface area contributed by atoms with Gasteiger partial charge in [0.05, 0.1) is 14.2 Å². The number of carbonyl (C=O) groups excluding carboxylic acids is 1. The van der Waals surface area contributed by atoms with Crippen LogP contribution in [0.15, 0.2) is 42.5 Å². The molecule has 5 heteroatoms. The van der Waals surface area contributed by atoms with Crippen LogP contribution in [-0.4, -0.2) is 33.3 Å². The molecular weight excluding hydrogens is 318 g/mol. The first-order valence-electron chi connectivity index (χ1n) is 8.35. The fraction of sp³-hybridized carbons (Fsp3) is 0.350. The molecule has 0 heterocycles. The van der Waals surface area contributed by atoms with Crippen LogP contribution in [0.2, 0.25) is 0 Å². The summed E-state index contributed by atoms with van der Waals surface area (Å²) in [5, 5.41) is 2.85. The van der Waals surface area contributed by atoms with Crippen LogP contribution < -0.4 is 19.5 Å². The van der Waals surface area contributed by atoms with Crippen LogP contribution in [-0.2, 0) is 17.6 Å². The molecule has 25 heavy (non-hydrogen) atoms. The van der Waals surface area contributed by atoms with Gasteiger partial charge in [0.2, 0.25) is 0 Å². The third-order valence-electron chi connectivity index (χ3n) is 3.89. The molecule has 0 aliphatic carbocycles. The van der Waals surface area contributed by atoms with Crippen molar-refractivity contribution >= 4 is 5.91 Å². The fourth-order valence-electron chi connectivity index (χ4n) is 2.40. The van der Waals surface area contributed by atoms with Crippen molar-refractivity contribution in [3.8, 4) is 17.2 Å². The predicted octanol–water partition coefficient (Wildman–Crippen LogP) is 3.00. The summed E-state index contributed by atoms with van der Waals surface area (Å²) in [6.45, 7) is 2.64. The number of benzene rings is 2. The van der Waals surface area contributed by atoms with E-state index in [4.69, 9.17) is 14.2 Å². The monoisotopic (exact) mass is 343 g/mol. The van der Waals surface area contributed by atoms with Gasteiger partial charge in [-0.3, -0.25) is 4.79 Å². The minimum Gasteiger partial charge on any atom is -0.493 e. The van der Waals surface area contributed by atoms with Crippen molar-refractivity contribution in [3.05, 3.63) is 53.6 Å². The highest BCUT2D eigenvalue weighted by Gasteiger charge is 2.06. The molecule has 0 saturated heterocycles. The average molecular weight is 343 g/mol. The predicted molar refractivity (Wildman–Crippen MR) is 97.6 cm³/mol. The van der Waals surface area contributed by atoms with Gasteiger partial charge in [-0.1, -0.05) is 25.1 Å². The molecule has 0 aromatic heterocycles. The quantitative estimate of drug-likeness (QED) is 0.760. The van der Waals surface area contributed by atoms with Crippen molar-refractivity contribution < 1.29 is 19.0 Å². The van der Waals surface area contributed by atoms with Crippen molar-refractivity contribution in [1.82, 2.24) is 5.32 Å². The van der Waals surface area contributed by atoms with E-state index in [1.807, 2.05) is 42.5 Å². The minimum absolute atomic E-state index is 0.0113. The van der Waals surface area contributed by atoms with Crippen LogP contribution in [0.3, 0.4) is 0 Å². The molecule has 0 fully saturated rings. The molecule has 0 spiro atoms. The molecule has 0 bridgehead atoms. The maximum absolute atomic E-state index is 11.9. The van der Waals surface area contributed by atoms with Crippen LogP contribution in [0.4, 0.5) is 0 Å². The lowest BCUT2D eigenvalue weighted by atomic mass is 10.1. The molecule has 0 saturated carbocycles. The molecule has 0 radical (unpaired) electrons. The molecule has 134 valence electrons. The van der Waals surface area contributed by atoms with Gasteiger partial charge in [0, 0.05) is 6.54 Å². The number of nitrogens with one attached hydrogen (secondary N) is 1. The second kappa shape index (κ2) is 9.57. The number of carbonyl (C=O) groups is 1. The first kappa shape index (κ1) is 18.6. The Balaban J connectivity index is 1.74. The summed E-state index contributed by atoms with van der Waals surface area (Å²) in [4.78, 5) is 11.9. The summed E-state index contributed by atoms with van der Waals surface area (Å²) in [6, 6.07) is 13.5. The van der Waals surface area contributed by atoms with Crippen molar-refractivity contribution in [2.45, 2.75) is 19.8 Å². The van der Waals surface area contributed by atoms with Gasteiger partial charge >= 0.3 is 0 Å². The van der Waals surface area contributed by atoms with Gasteiger partial charge in [-0.15, -0.1) is 0 Å². The van der Waals surface area contributed by atoms with E-state index in [-0.39, 0.29) is 12.5 Å². The second-order valence-electron chi connectivity index (χ2n) is 5.58. The van der Waals surface area contributed by atoms with Crippen molar-refractivity contribution in [2.75, 3.05) is 27.4 Å². The van der Waals surface area contributed by atoms with Gasteiger partial charge in [0.15, 0.2) is 18.1 Å². The SMILES string of the molecule is CCc1ccc(OCC(=O)NCCc2ccc(OC)c(OC)c2)cc1. The Bertz CT molecular complexity index is 683.